The highest BCUT2D eigenvalue weighted by molar-refractivity contribution is 8.06. The minimum atomic E-state index is -0.723. The second-order valence-corrected chi connectivity index (χ2v) is 8.74. The molecule has 2 aliphatic heterocycles. The van der Waals surface area contributed by atoms with Gasteiger partial charge >= 0.3 is 12.0 Å². The lowest BCUT2D eigenvalue weighted by Gasteiger charge is -2.25. The van der Waals surface area contributed by atoms with Crippen LogP contribution in [0.4, 0.5) is 4.79 Å². The SMILES string of the molecule is O=C(NCC1CSCCS1)N1C[C@@H]2CCC[C@@]2(C(=O)O)C1. The molecule has 3 rings (SSSR count). The molecule has 0 radical (unpaired) electrons. The van der Waals surface area contributed by atoms with E-state index in [1.807, 2.05) is 23.5 Å². The number of amides is 2. The zero-order valence-corrected chi connectivity index (χ0v) is 13.7. The van der Waals surface area contributed by atoms with Crippen molar-refractivity contribution in [3.8, 4) is 0 Å². The lowest BCUT2D eigenvalue weighted by Crippen LogP contribution is -2.44. The van der Waals surface area contributed by atoms with Crippen molar-refractivity contribution in [2.45, 2.75) is 24.5 Å². The number of carboxylic acids is 1. The van der Waals surface area contributed by atoms with Gasteiger partial charge in [0.1, 0.15) is 0 Å². The van der Waals surface area contributed by atoms with E-state index in [0.29, 0.717) is 31.3 Å². The van der Waals surface area contributed by atoms with E-state index in [-0.39, 0.29) is 11.9 Å². The summed E-state index contributed by atoms with van der Waals surface area (Å²) in [7, 11) is 0. The Balaban J connectivity index is 1.53. The van der Waals surface area contributed by atoms with Gasteiger partial charge in [-0.05, 0) is 18.8 Å². The van der Waals surface area contributed by atoms with Gasteiger partial charge in [0, 0.05) is 42.1 Å². The molecule has 3 aliphatic rings. The van der Waals surface area contributed by atoms with E-state index in [4.69, 9.17) is 0 Å². The fourth-order valence-corrected chi connectivity index (χ4v) is 6.37. The number of carbonyl (C=O) groups is 2. The summed E-state index contributed by atoms with van der Waals surface area (Å²) in [6, 6.07) is -0.0822. The van der Waals surface area contributed by atoms with Crippen LogP contribution in [0.3, 0.4) is 0 Å². The molecule has 0 aromatic rings. The van der Waals surface area contributed by atoms with E-state index in [2.05, 4.69) is 5.32 Å². The van der Waals surface area contributed by atoms with Gasteiger partial charge in [0.25, 0.3) is 0 Å². The van der Waals surface area contributed by atoms with E-state index >= 15 is 0 Å². The predicted molar refractivity (Wildman–Crippen MR) is 86.0 cm³/mol. The standard InChI is InChI=1S/C14H22N2O3S2/c17-12(18)14-3-1-2-10(14)7-16(9-14)13(19)15-6-11-8-20-4-5-21-11/h10-11H,1-9H2,(H,15,19)(H,17,18)/t10-,11?,14+/m0/s1. The van der Waals surface area contributed by atoms with Crippen LogP contribution in [0, 0.1) is 11.3 Å². The van der Waals surface area contributed by atoms with Crippen molar-refractivity contribution < 1.29 is 14.7 Å². The van der Waals surface area contributed by atoms with Gasteiger partial charge < -0.3 is 15.3 Å². The zero-order chi connectivity index (χ0) is 14.9. The number of nitrogens with one attached hydrogen (secondary N) is 1. The van der Waals surface area contributed by atoms with Gasteiger partial charge in [-0.25, -0.2) is 4.79 Å². The highest BCUT2D eigenvalue weighted by Crippen LogP contribution is 2.48. The lowest BCUT2D eigenvalue weighted by atomic mass is 9.81. The molecule has 0 bridgehead atoms. The Labute approximate surface area is 133 Å². The van der Waals surface area contributed by atoms with E-state index in [9.17, 15) is 14.7 Å². The van der Waals surface area contributed by atoms with Gasteiger partial charge in [0.2, 0.25) is 0 Å². The minimum Gasteiger partial charge on any atom is -0.481 e. The molecule has 2 amide bonds. The molecular weight excluding hydrogens is 308 g/mol. The van der Waals surface area contributed by atoms with Crippen LogP contribution in [0.15, 0.2) is 0 Å². The summed E-state index contributed by atoms with van der Waals surface area (Å²) in [5.41, 5.74) is -0.674. The monoisotopic (exact) mass is 330 g/mol. The van der Waals surface area contributed by atoms with Gasteiger partial charge in [-0.1, -0.05) is 6.42 Å². The Morgan fingerprint density at radius 2 is 2.24 bits per heavy atom. The number of carbonyl (C=O) groups excluding carboxylic acids is 1. The van der Waals surface area contributed by atoms with Crippen molar-refractivity contribution in [2.75, 3.05) is 36.9 Å². The molecule has 3 fully saturated rings. The summed E-state index contributed by atoms with van der Waals surface area (Å²) >= 11 is 3.86. The Kier molecular flexibility index (Phi) is 4.59. The molecule has 1 saturated carbocycles. The second-order valence-electron chi connectivity index (χ2n) is 6.18. The lowest BCUT2D eigenvalue weighted by molar-refractivity contribution is -0.149. The third-order valence-electron chi connectivity index (χ3n) is 4.95. The third-order valence-corrected chi connectivity index (χ3v) is 7.79. The second kappa shape index (κ2) is 6.28. The first-order chi connectivity index (χ1) is 10.1. The maximum atomic E-state index is 12.3. The number of rotatable bonds is 3. The van der Waals surface area contributed by atoms with Crippen LogP contribution in [0.25, 0.3) is 0 Å². The van der Waals surface area contributed by atoms with Gasteiger partial charge in [-0.15, -0.1) is 0 Å². The molecule has 7 heteroatoms. The number of carboxylic acid groups (broad SMARTS) is 1. The maximum Gasteiger partial charge on any atom is 0.317 e. The average Bonchev–Trinajstić information content (AvgIpc) is 3.03. The van der Waals surface area contributed by atoms with Crippen LogP contribution in [0.1, 0.15) is 19.3 Å². The number of fused-ring (bicyclic) bond motifs is 1. The summed E-state index contributed by atoms with van der Waals surface area (Å²) in [5, 5.41) is 13.0. The summed E-state index contributed by atoms with van der Waals surface area (Å²) in [6.07, 6.45) is 2.62. The van der Waals surface area contributed by atoms with Crippen LogP contribution >= 0.6 is 23.5 Å². The summed E-state index contributed by atoms with van der Waals surface area (Å²) in [4.78, 5) is 25.6. The highest BCUT2D eigenvalue weighted by Gasteiger charge is 2.55. The Hall–Kier alpha value is -0.560. The van der Waals surface area contributed by atoms with Crippen molar-refractivity contribution in [1.82, 2.24) is 10.2 Å². The number of urea groups is 1. The predicted octanol–water partition coefficient (Wildman–Crippen LogP) is 1.73. The van der Waals surface area contributed by atoms with Gasteiger partial charge in [-0.2, -0.15) is 23.5 Å². The van der Waals surface area contributed by atoms with E-state index in [1.54, 1.807) is 4.90 Å². The number of aliphatic carboxylic acids is 1. The molecule has 21 heavy (non-hydrogen) atoms. The van der Waals surface area contributed by atoms with Gasteiger partial charge in [-0.3, -0.25) is 4.79 Å². The Morgan fingerprint density at radius 3 is 2.90 bits per heavy atom. The van der Waals surface area contributed by atoms with Gasteiger partial charge in [0.15, 0.2) is 0 Å². The molecule has 2 saturated heterocycles. The summed E-state index contributed by atoms with van der Waals surface area (Å²) in [6.45, 7) is 1.67. The molecule has 118 valence electrons. The largest absolute Gasteiger partial charge is 0.481 e. The van der Waals surface area contributed by atoms with Crippen LogP contribution in [0.2, 0.25) is 0 Å². The van der Waals surface area contributed by atoms with Crippen molar-refractivity contribution >= 4 is 35.5 Å². The number of hydrogen-bond acceptors (Lipinski definition) is 4. The van der Waals surface area contributed by atoms with Crippen LogP contribution in [-0.2, 0) is 4.79 Å². The molecule has 0 spiro atoms. The number of hydrogen-bond donors (Lipinski definition) is 2. The fourth-order valence-electron chi connectivity index (χ4n) is 3.76. The van der Waals surface area contributed by atoms with Crippen molar-refractivity contribution in [1.29, 1.82) is 0 Å². The number of nitrogens with zero attached hydrogens (tertiary/aromatic N) is 1. The first kappa shape index (κ1) is 15.3. The van der Waals surface area contributed by atoms with Crippen molar-refractivity contribution in [3.63, 3.8) is 0 Å². The fraction of sp³-hybridized carbons (Fsp3) is 0.857. The first-order valence-corrected chi connectivity index (χ1v) is 9.78. The molecule has 2 N–H and O–H groups in total. The molecule has 5 nitrogen and oxygen atoms in total. The highest BCUT2D eigenvalue weighted by atomic mass is 32.2. The van der Waals surface area contributed by atoms with Crippen molar-refractivity contribution in [3.05, 3.63) is 0 Å². The normalized spacial score (nSPS) is 35.5. The molecule has 2 heterocycles. The maximum absolute atomic E-state index is 12.3. The molecular formula is C14H22N2O3S2. The van der Waals surface area contributed by atoms with Crippen LogP contribution in [-0.4, -0.2) is 64.1 Å². The van der Waals surface area contributed by atoms with Crippen LogP contribution in [0.5, 0.6) is 0 Å². The first-order valence-electron chi connectivity index (χ1n) is 7.57. The van der Waals surface area contributed by atoms with Crippen molar-refractivity contribution in [2.24, 2.45) is 11.3 Å². The quantitative estimate of drug-likeness (QED) is 0.825. The summed E-state index contributed by atoms with van der Waals surface area (Å²) < 4.78 is 0. The van der Waals surface area contributed by atoms with Crippen LogP contribution < -0.4 is 5.32 Å². The van der Waals surface area contributed by atoms with E-state index in [1.165, 1.54) is 5.75 Å². The zero-order valence-electron chi connectivity index (χ0n) is 12.0. The van der Waals surface area contributed by atoms with E-state index in [0.717, 1.165) is 24.3 Å². The smallest absolute Gasteiger partial charge is 0.317 e. The number of likely N-dealkylation sites (tertiary alicyclic amines) is 1. The molecule has 0 aromatic heterocycles. The molecule has 3 atom stereocenters. The molecule has 1 unspecified atom stereocenters. The Bertz CT molecular complexity index is 428. The minimum absolute atomic E-state index is 0.0822. The molecule has 1 aliphatic carbocycles. The third kappa shape index (κ3) is 2.99. The number of thioether (sulfide) groups is 2. The topological polar surface area (TPSA) is 69.6 Å². The van der Waals surface area contributed by atoms with Gasteiger partial charge in [0.05, 0.1) is 5.41 Å². The van der Waals surface area contributed by atoms with E-state index < -0.39 is 11.4 Å². The Morgan fingerprint density at radius 1 is 1.38 bits per heavy atom. The summed E-state index contributed by atoms with van der Waals surface area (Å²) in [5.74, 6) is 2.86. The average molecular weight is 330 g/mol. The molecule has 0 aromatic carbocycles.